The third-order valence-corrected chi connectivity index (χ3v) is 1.10. The Morgan fingerprint density at radius 3 is 2.20 bits per heavy atom. The number of hydrogen-bond donors (Lipinski definition) is 1. The molecule has 0 heterocycles. The van der Waals surface area contributed by atoms with Crippen molar-refractivity contribution in [2.24, 2.45) is 0 Å². The Bertz CT molecular complexity index is 242. The minimum atomic E-state index is -0.459. The molecule has 0 bridgehead atoms. The van der Waals surface area contributed by atoms with Gasteiger partial charge in [0.05, 0.1) is 4.92 Å². The summed E-state index contributed by atoms with van der Waals surface area (Å²) in [6.07, 6.45) is 0. The van der Waals surface area contributed by atoms with Crippen LogP contribution in [0.15, 0.2) is 24.3 Å². The summed E-state index contributed by atoms with van der Waals surface area (Å²) in [7, 11) is 0. The summed E-state index contributed by atoms with van der Waals surface area (Å²) in [6.45, 7) is 0. The average molecular weight is 144 g/mol. The third-order valence-electron chi connectivity index (χ3n) is 1.10. The molecule has 0 saturated heterocycles. The van der Waals surface area contributed by atoms with Crippen molar-refractivity contribution in [2.75, 3.05) is 5.73 Å². The number of nitro benzene ring substituents is 1. The Kier molecular flexibility index (Phi) is 1.53. The summed E-state index contributed by atoms with van der Waals surface area (Å²) in [5, 5.41) is 10.1. The Morgan fingerprint density at radius 2 is 1.80 bits per heavy atom. The van der Waals surface area contributed by atoms with Gasteiger partial charge in [-0.25, -0.2) is 0 Å². The Morgan fingerprint density at radius 1 is 1.30 bits per heavy atom. The van der Waals surface area contributed by atoms with E-state index in [0.29, 0.717) is 5.69 Å². The second kappa shape index (κ2) is 2.34. The van der Waals surface area contributed by atoms with Gasteiger partial charge < -0.3 is 5.73 Å². The summed E-state index contributed by atoms with van der Waals surface area (Å²) in [5.41, 5.74) is 5.90. The van der Waals surface area contributed by atoms with E-state index in [1.807, 2.05) is 0 Å². The summed E-state index contributed by atoms with van der Waals surface area (Å²) >= 11 is 0. The molecule has 0 atom stereocenters. The lowest BCUT2D eigenvalue weighted by atomic mass is 11.2. The SMILES string of the molecule is N[13c]1[13cH][13cH][13c]([N+](=O)[O-])[13cH][13cH]1. The van der Waals surface area contributed by atoms with E-state index < -0.39 is 4.92 Å². The van der Waals surface area contributed by atoms with Crippen molar-refractivity contribution in [2.45, 2.75) is 0 Å². The number of nitro groups is 1. The first-order valence-corrected chi connectivity index (χ1v) is 2.70. The van der Waals surface area contributed by atoms with Crippen LogP contribution in [0.25, 0.3) is 0 Å². The molecular weight excluding hydrogens is 138 g/mol. The van der Waals surface area contributed by atoms with Crippen LogP contribution in [0.5, 0.6) is 0 Å². The van der Waals surface area contributed by atoms with Crippen LogP contribution >= 0.6 is 0 Å². The summed E-state index contributed by atoms with van der Waals surface area (Å²) in [5.74, 6) is 0. The first-order chi connectivity index (χ1) is 4.70. The molecule has 0 aliphatic carbocycles. The molecule has 0 amide bonds. The van der Waals surface area contributed by atoms with Gasteiger partial charge in [-0.3, -0.25) is 10.1 Å². The number of hydrogen-bond acceptors (Lipinski definition) is 3. The lowest BCUT2D eigenvalue weighted by molar-refractivity contribution is -0.384. The van der Waals surface area contributed by atoms with E-state index in [0.717, 1.165) is 0 Å². The lowest BCUT2D eigenvalue weighted by Crippen LogP contribution is -1.88. The van der Waals surface area contributed by atoms with Crippen LogP contribution in [0.1, 0.15) is 0 Å². The summed E-state index contributed by atoms with van der Waals surface area (Å²) in [6, 6.07) is 5.74. The molecule has 0 aliphatic heterocycles. The van der Waals surface area contributed by atoms with E-state index in [4.69, 9.17) is 5.73 Å². The maximum absolute atomic E-state index is 10.1. The molecule has 10 heavy (non-hydrogen) atoms. The van der Waals surface area contributed by atoms with Gasteiger partial charge in [-0.1, -0.05) is 0 Å². The van der Waals surface area contributed by atoms with E-state index >= 15 is 0 Å². The van der Waals surface area contributed by atoms with E-state index in [-0.39, 0.29) is 5.69 Å². The number of nitrogens with zero attached hydrogens (tertiary/aromatic N) is 1. The molecule has 0 unspecified atom stereocenters. The number of rotatable bonds is 1. The van der Waals surface area contributed by atoms with Gasteiger partial charge in [0.2, 0.25) is 0 Å². The highest BCUT2D eigenvalue weighted by molar-refractivity contribution is 5.44. The van der Waals surface area contributed by atoms with Gasteiger partial charge in [0.15, 0.2) is 0 Å². The molecule has 4 nitrogen and oxygen atoms in total. The minimum absolute atomic E-state index is 0.0641. The van der Waals surface area contributed by atoms with Crippen LogP contribution in [-0.4, -0.2) is 4.92 Å². The van der Waals surface area contributed by atoms with Gasteiger partial charge >= 0.3 is 0 Å². The van der Waals surface area contributed by atoms with Crippen molar-refractivity contribution in [3.63, 3.8) is 0 Å². The third kappa shape index (κ3) is 1.22. The van der Waals surface area contributed by atoms with E-state index in [2.05, 4.69) is 0 Å². The summed E-state index contributed by atoms with van der Waals surface area (Å²) in [4.78, 5) is 9.62. The maximum Gasteiger partial charge on any atom is 0.269 e. The molecule has 0 aliphatic rings. The molecule has 1 rings (SSSR count). The number of nitrogens with two attached hydrogens (primary N) is 1. The molecule has 2 N–H and O–H groups in total. The molecule has 4 heteroatoms. The molecular formula is C6H6N2O2. The van der Waals surface area contributed by atoms with Gasteiger partial charge in [-0.05, 0) is 12.1 Å². The second-order valence-corrected chi connectivity index (χ2v) is 1.85. The van der Waals surface area contributed by atoms with Crippen LogP contribution in [0.4, 0.5) is 11.4 Å². The lowest BCUT2D eigenvalue weighted by Gasteiger charge is -1.90. The highest BCUT2D eigenvalue weighted by Crippen LogP contribution is 2.11. The molecule has 0 saturated carbocycles. The monoisotopic (exact) mass is 144 g/mol. The standard InChI is InChI=1S/C6H6N2O2/c7-5-1-3-6(4-2-5)8(9)10/h1-4H,7H2/i1+1,2+1,3+1,4+1,5+1,6+1. The van der Waals surface area contributed by atoms with Crippen molar-refractivity contribution in [3.8, 4) is 0 Å². The van der Waals surface area contributed by atoms with Gasteiger partial charge in [-0.2, -0.15) is 0 Å². The zero-order valence-corrected chi connectivity index (χ0v) is 5.15. The average Bonchev–Trinajstić information content (AvgIpc) is 1.88. The first kappa shape index (κ1) is 6.54. The predicted octanol–water partition coefficient (Wildman–Crippen LogP) is 1.18. The van der Waals surface area contributed by atoms with E-state index in [1.165, 1.54) is 24.3 Å². The number of anilines is 1. The fraction of sp³-hybridized carbons (Fsp3) is 0. The molecule has 1 aromatic rings. The van der Waals surface area contributed by atoms with E-state index in [9.17, 15) is 10.1 Å². The Labute approximate surface area is 57.4 Å². The number of benzene rings is 1. The number of nitrogen functional groups attached to an aromatic ring is 1. The van der Waals surface area contributed by atoms with Crippen LogP contribution < -0.4 is 5.73 Å². The second-order valence-electron chi connectivity index (χ2n) is 1.85. The first-order valence-electron chi connectivity index (χ1n) is 2.70. The molecule has 0 aromatic heterocycles. The quantitative estimate of drug-likeness (QED) is 0.365. The topological polar surface area (TPSA) is 69.2 Å². The van der Waals surface area contributed by atoms with Crippen molar-refractivity contribution in [3.05, 3.63) is 34.4 Å². The van der Waals surface area contributed by atoms with Crippen molar-refractivity contribution >= 4 is 11.4 Å². The largest absolute Gasteiger partial charge is 0.399 e. The molecule has 0 fully saturated rings. The number of non-ortho nitro benzene ring substituents is 1. The van der Waals surface area contributed by atoms with Crippen molar-refractivity contribution in [1.82, 2.24) is 0 Å². The molecule has 0 radical (unpaired) electrons. The molecule has 52 valence electrons. The zero-order chi connectivity index (χ0) is 7.56. The van der Waals surface area contributed by atoms with Crippen molar-refractivity contribution in [1.29, 1.82) is 0 Å². The summed E-state index contributed by atoms with van der Waals surface area (Å²) < 4.78 is 0. The normalized spacial score (nSPS) is 9.20. The van der Waals surface area contributed by atoms with Gasteiger partial charge in [0.1, 0.15) is 0 Å². The molecule has 1 aromatic carbocycles. The van der Waals surface area contributed by atoms with Crippen LogP contribution in [-0.2, 0) is 0 Å². The fourth-order valence-electron chi connectivity index (χ4n) is 0.596. The fourth-order valence-corrected chi connectivity index (χ4v) is 0.596. The Hall–Kier alpha value is -1.58. The highest BCUT2D eigenvalue weighted by Gasteiger charge is 2.00. The van der Waals surface area contributed by atoms with Crippen molar-refractivity contribution < 1.29 is 4.92 Å². The van der Waals surface area contributed by atoms with Gasteiger partial charge in [0.25, 0.3) is 5.69 Å². The van der Waals surface area contributed by atoms with Gasteiger partial charge in [0, 0.05) is 17.8 Å². The zero-order valence-electron chi connectivity index (χ0n) is 5.15. The minimum Gasteiger partial charge on any atom is -0.399 e. The smallest absolute Gasteiger partial charge is 0.269 e. The maximum atomic E-state index is 10.1. The molecule has 0 spiro atoms. The van der Waals surface area contributed by atoms with Gasteiger partial charge in [-0.15, -0.1) is 0 Å². The highest BCUT2D eigenvalue weighted by atomic mass is 16.6. The van der Waals surface area contributed by atoms with E-state index in [1.54, 1.807) is 0 Å². The van der Waals surface area contributed by atoms with Crippen LogP contribution in [0.3, 0.4) is 0 Å². The van der Waals surface area contributed by atoms with Crippen LogP contribution in [0.2, 0.25) is 0 Å². The predicted molar refractivity (Wildman–Crippen MR) is 37.5 cm³/mol. The Balaban J connectivity index is 3.00. The van der Waals surface area contributed by atoms with Crippen LogP contribution in [0, 0.1) is 10.1 Å².